The number of benzene rings is 2. The molecule has 1 aliphatic rings. The van der Waals surface area contributed by atoms with Crippen LogP contribution in [0, 0.1) is 12.7 Å². The van der Waals surface area contributed by atoms with Crippen molar-refractivity contribution >= 4 is 0 Å². The Hall–Kier alpha value is -2.07. The highest BCUT2D eigenvalue weighted by molar-refractivity contribution is 5.50. The van der Waals surface area contributed by atoms with E-state index < -0.39 is 0 Å². The molecular formula is C20H24FNO2. The lowest BCUT2D eigenvalue weighted by molar-refractivity contribution is 0.376. The second kappa shape index (κ2) is 7.22. The van der Waals surface area contributed by atoms with E-state index in [-0.39, 0.29) is 5.82 Å². The topological polar surface area (TPSA) is 30.5 Å². The lowest BCUT2D eigenvalue weighted by Gasteiger charge is -2.28. The van der Waals surface area contributed by atoms with Crippen molar-refractivity contribution in [3.8, 4) is 11.5 Å². The van der Waals surface area contributed by atoms with Gasteiger partial charge in [-0.1, -0.05) is 6.07 Å². The zero-order chi connectivity index (χ0) is 17.1. The van der Waals surface area contributed by atoms with Gasteiger partial charge in [-0.25, -0.2) is 4.39 Å². The third-order valence-electron chi connectivity index (χ3n) is 4.68. The summed E-state index contributed by atoms with van der Waals surface area (Å²) < 4.78 is 24.5. The number of aryl methyl sites for hydroxylation is 1. The van der Waals surface area contributed by atoms with E-state index in [9.17, 15) is 4.39 Å². The van der Waals surface area contributed by atoms with Crippen LogP contribution in [0.1, 0.15) is 28.7 Å². The average molecular weight is 329 g/mol. The lowest BCUT2D eigenvalue weighted by Crippen LogP contribution is -2.34. The van der Waals surface area contributed by atoms with Crippen LogP contribution in [0.2, 0.25) is 0 Å². The fraction of sp³-hybridized carbons (Fsp3) is 0.400. The maximum absolute atomic E-state index is 13.5. The van der Waals surface area contributed by atoms with E-state index in [0.717, 1.165) is 41.9 Å². The van der Waals surface area contributed by atoms with Crippen molar-refractivity contribution in [2.45, 2.75) is 38.8 Å². The number of fused-ring (bicyclic) bond motifs is 1. The highest BCUT2D eigenvalue weighted by Gasteiger charge is 2.24. The minimum absolute atomic E-state index is 0.174. The molecule has 0 fully saturated rings. The Kier molecular flexibility index (Phi) is 5.05. The Labute approximate surface area is 142 Å². The zero-order valence-corrected chi connectivity index (χ0v) is 14.5. The van der Waals surface area contributed by atoms with E-state index in [0.29, 0.717) is 12.6 Å². The van der Waals surface area contributed by atoms with Gasteiger partial charge < -0.3 is 14.8 Å². The Morgan fingerprint density at radius 1 is 1.08 bits per heavy atom. The van der Waals surface area contributed by atoms with Gasteiger partial charge in [0.1, 0.15) is 17.3 Å². The minimum Gasteiger partial charge on any atom is -0.496 e. The minimum atomic E-state index is -0.174. The number of hydrogen-bond acceptors (Lipinski definition) is 3. The van der Waals surface area contributed by atoms with Gasteiger partial charge in [0.25, 0.3) is 0 Å². The Morgan fingerprint density at radius 3 is 2.46 bits per heavy atom. The second-order valence-corrected chi connectivity index (χ2v) is 6.38. The molecule has 0 radical (unpaired) electrons. The van der Waals surface area contributed by atoms with Crippen LogP contribution in [0.4, 0.5) is 4.39 Å². The van der Waals surface area contributed by atoms with Crippen LogP contribution >= 0.6 is 0 Å². The molecule has 128 valence electrons. The fourth-order valence-electron chi connectivity index (χ4n) is 3.55. The van der Waals surface area contributed by atoms with E-state index in [4.69, 9.17) is 9.47 Å². The first-order chi connectivity index (χ1) is 11.6. The van der Waals surface area contributed by atoms with Crippen LogP contribution < -0.4 is 14.8 Å². The third kappa shape index (κ3) is 3.54. The predicted molar refractivity (Wildman–Crippen MR) is 93.3 cm³/mol. The number of nitrogens with one attached hydrogen (secondary N) is 1. The molecule has 2 aromatic carbocycles. The first-order valence-corrected chi connectivity index (χ1v) is 8.33. The summed E-state index contributed by atoms with van der Waals surface area (Å²) >= 11 is 0. The highest BCUT2D eigenvalue weighted by atomic mass is 19.1. The monoisotopic (exact) mass is 329 g/mol. The first-order valence-electron chi connectivity index (χ1n) is 8.33. The molecule has 0 saturated carbocycles. The van der Waals surface area contributed by atoms with Crippen LogP contribution in [0.3, 0.4) is 0 Å². The van der Waals surface area contributed by atoms with Crippen LogP contribution in [-0.4, -0.2) is 20.3 Å². The molecule has 1 N–H and O–H groups in total. The molecule has 1 atom stereocenters. The lowest BCUT2D eigenvalue weighted by atomic mass is 9.86. The van der Waals surface area contributed by atoms with Crippen molar-refractivity contribution in [2.75, 3.05) is 14.2 Å². The number of halogens is 1. The molecular weight excluding hydrogens is 305 g/mol. The van der Waals surface area contributed by atoms with Gasteiger partial charge in [-0.05, 0) is 61.6 Å². The average Bonchev–Trinajstić information content (AvgIpc) is 2.58. The molecule has 4 heteroatoms. The summed E-state index contributed by atoms with van der Waals surface area (Å²) in [7, 11) is 3.41. The van der Waals surface area contributed by atoms with E-state index in [1.807, 2.05) is 25.1 Å². The standard InChI is InChI=1S/C20H24FNO2/c1-13-8-14(10-15(21)9-13)12-22-16-4-5-17-18(11-16)20(24-3)7-6-19(17)23-2/h6-10,16,22H,4-5,11-12H2,1-3H3. The van der Waals surface area contributed by atoms with E-state index in [1.54, 1.807) is 26.4 Å². The molecule has 3 nitrogen and oxygen atoms in total. The van der Waals surface area contributed by atoms with Gasteiger partial charge in [0.15, 0.2) is 0 Å². The fourth-order valence-corrected chi connectivity index (χ4v) is 3.55. The number of hydrogen-bond donors (Lipinski definition) is 1. The summed E-state index contributed by atoms with van der Waals surface area (Å²) in [5, 5.41) is 3.56. The van der Waals surface area contributed by atoms with Gasteiger partial charge in [-0.3, -0.25) is 0 Å². The van der Waals surface area contributed by atoms with Crippen LogP contribution in [0.25, 0.3) is 0 Å². The molecule has 0 amide bonds. The summed E-state index contributed by atoms with van der Waals surface area (Å²) in [4.78, 5) is 0. The Bertz CT molecular complexity index is 710. The smallest absolute Gasteiger partial charge is 0.123 e. The molecule has 0 aliphatic heterocycles. The van der Waals surface area contributed by atoms with Gasteiger partial charge in [0.05, 0.1) is 14.2 Å². The van der Waals surface area contributed by atoms with Gasteiger partial charge >= 0.3 is 0 Å². The van der Waals surface area contributed by atoms with Gasteiger partial charge in [0, 0.05) is 23.7 Å². The van der Waals surface area contributed by atoms with Crippen molar-refractivity contribution in [1.82, 2.24) is 5.32 Å². The molecule has 3 rings (SSSR count). The predicted octanol–water partition coefficient (Wildman–Crippen LogP) is 3.80. The molecule has 24 heavy (non-hydrogen) atoms. The van der Waals surface area contributed by atoms with Crippen molar-refractivity contribution in [2.24, 2.45) is 0 Å². The maximum Gasteiger partial charge on any atom is 0.123 e. The summed E-state index contributed by atoms with van der Waals surface area (Å²) in [5.41, 5.74) is 4.40. The van der Waals surface area contributed by atoms with Crippen molar-refractivity contribution in [1.29, 1.82) is 0 Å². The molecule has 0 bridgehead atoms. The number of methoxy groups -OCH3 is 2. The normalized spacial score (nSPS) is 16.6. The molecule has 0 spiro atoms. The van der Waals surface area contributed by atoms with Gasteiger partial charge in [0.2, 0.25) is 0 Å². The van der Waals surface area contributed by atoms with E-state index in [2.05, 4.69) is 5.32 Å². The summed E-state index contributed by atoms with van der Waals surface area (Å²) in [6.45, 7) is 2.59. The maximum atomic E-state index is 13.5. The second-order valence-electron chi connectivity index (χ2n) is 6.38. The molecule has 0 heterocycles. The highest BCUT2D eigenvalue weighted by Crippen LogP contribution is 2.36. The SMILES string of the molecule is COc1ccc(OC)c2c1CCC(NCc1cc(C)cc(F)c1)C2. The molecule has 0 aromatic heterocycles. The molecule has 1 unspecified atom stereocenters. The van der Waals surface area contributed by atoms with Crippen LogP contribution in [0.15, 0.2) is 30.3 Å². The summed E-state index contributed by atoms with van der Waals surface area (Å²) in [6.07, 6.45) is 2.88. The van der Waals surface area contributed by atoms with Crippen LogP contribution in [0.5, 0.6) is 11.5 Å². The zero-order valence-electron chi connectivity index (χ0n) is 14.5. The Balaban J connectivity index is 1.73. The van der Waals surface area contributed by atoms with E-state index in [1.165, 1.54) is 11.1 Å². The van der Waals surface area contributed by atoms with Crippen molar-refractivity contribution in [3.05, 3.63) is 58.4 Å². The Morgan fingerprint density at radius 2 is 1.79 bits per heavy atom. The van der Waals surface area contributed by atoms with Crippen LogP contribution in [-0.2, 0) is 19.4 Å². The first kappa shape index (κ1) is 16.8. The van der Waals surface area contributed by atoms with Crippen molar-refractivity contribution in [3.63, 3.8) is 0 Å². The number of rotatable bonds is 5. The molecule has 0 saturated heterocycles. The quantitative estimate of drug-likeness (QED) is 0.905. The number of ether oxygens (including phenoxy) is 2. The van der Waals surface area contributed by atoms with Gasteiger partial charge in [-0.15, -0.1) is 0 Å². The van der Waals surface area contributed by atoms with E-state index >= 15 is 0 Å². The molecule has 2 aromatic rings. The largest absolute Gasteiger partial charge is 0.496 e. The van der Waals surface area contributed by atoms with Crippen molar-refractivity contribution < 1.29 is 13.9 Å². The molecule has 1 aliphatic carbocycles. The summed E-state index contributed by atoms with van der Waals surface area (Å²) in [6, 6.07) is 9.47. The summed E-state index contributed by atoms with van der Waals surface area (Å²) in [5.74, 6) is 1.68. The third-order valence-corrected chi connectivity index (χ3v) is 4.68. The van der Waals surface area contributed by atoms with Gasteiger partial charge in [-0.2, -0.15) is 0 Å².